The van der Waals surface area contributed by atoms with Crippen molar-refractivity contribution in [1.82, 2.24) is 0 Å². The van der Waals surface area contributed by atoms with Gasteiger partial charge in [-0.25, -0.2) is 4.57 Å². The molecule has 0 radical (unpaired) electrons. The number of aliphatic hydroxyl groups excluding tert-OH is 2. The van der Waals surface area contributed by atoms with E-state index in [0.717, 1.165) is 38.5 Å². The van der Waals surface area contributed by atoms with E-state index in [4.69, 9.17) is 18.5 Å². The summed E-state index contributed by atoms with van der Waals surface area (Å²) in [6.07, 6.45) is 42.0. The highest BCUT2D eigenvalue weighted by molar-refractivity contribution is 7.47. The van der Waals surface area contributed by atoms with Crippen LogP contribution >= 0.6 is 7.82 Å². The number of allylic oxidation sites excluding steroid dienone is 2. The van der Waals surface area contributed by atoms with E-state index in [0.29, 0.717) is 12.8 Å². The lowest BCUT2D eigenvalue weighted by atomic mass is 10.0. The molecule has 0 aromatic rings. The molecule has 3 unspecified atom stereocenters. The first-order chi connectivity index (χ1) is 27.8. The summed E-state index contributed by atoms with van der Waals surface area (Å²) >= 11 is 0. The minimum atomic E-state index is -4.63. The molecule has 57 heavy (non-hydrogen) atoms. The van der Waals surface area contributed by atoms with E-state index < -0.39 is 58.4 Å². The first-order valence-corrected chi connectivity index (χ1v) is 25.1. The van der Waals surface area contributed by atoms with Crippen LogP contribution in [0, 0.1) is 0 Å². The van der Waals surface area contributed by atoms with E-state index in [-0.39, 0.29) is 12.8 Å². The van der Waals surface area contributed by atoms with Crippen LogP contribution in [0.2, 0.25) is 0 Å². The largest absolute Gasteiger partial charge is 0.472 e. The third-order valence-corrected chi connectivity index (χ3v) is 11.4. The van der Waals surface area contributed by atoms with Gasteiger partial charge in [-0.2, -0.15) is 0 Å². The number of unbranched alkanes of at least 4 members (excludes halogenated alkanes) is 29. The quantitative estimate of drug-likeness (QED) is 0.0234. The van der Waals surface area contributed by atoms with Crippen LogP contribution in [0.4, 0.5) is 0 Å². The molecule has 3 N–H and O–H groups in total. The lowest BCUT2D eigenvalue weighted by molar-refractivity contribution is -0.153. The number of aliphatic hydroxyl groups is 2. The van der Waals surface area contributed by atoms with Gasteiger partial charge in [0.15, 0.2) is 0 Å². The van der Waals surface area contributed by atoms with Crippen molar-refractivity contribution in [2.75, 3.05) is 26.4 Å². The topological polar surface area (TPSA) is 149 Å². The minimum absolute atomic E-state index is 0.195. The molecule has 0 aliphatic heterocycles. The number of hydrogen-bond acceptors (Lipinski definition) is 9. The Morgan fingerprint density at radius 1 is 0.456 bits per heavy atom. The molecule has 0 aromatic carbocycles. The molecule has 0 heterocycles. The van der Waals surface area contributed by atoms with E-state index in [2.05, 4.69) is 26.0 Å². The van der Waals surface area contributed by atoms with Crippen molar-refractivity contribution in [3.63, 3.8) is 0 Å². The maximum Gasteiger partial charge on any atom is 0.472 e. The Hall–Kier alpha value is -1.29. The van der Waals surface area contributed by atoms with E-state index in [1.165, 1.54) is 154 Å². The normalized spacial score (nSPS) is 13.8. The summed E-state index contributed by atoms with van der Waals surface area (Å²) in [5.41, 5.74) is 0. The number of phosphoric acid groups is 1. The molecule has 338 valence electrons. The number of carbonyl (C=O) groups is 2. The lowest BCUT2D eigenvalue weighted by Gasteiger charge is -2.20. The molecule has 0 saturated heterocycles. The Balaban J connectivity index is 3.80. The molecule has 0 aromatic heterocycles. The average molecular weight is 833 g/mol. The fourth-order valence-corrected chi connectivity index (χ4v) is 7.60. The van der Waals surface area contributed by atoms with Gasteiger partial charge in [0.2, 0.25) is 0 Å². The van der Waals surface area contributed by atoms with Gasteiger partial charge in [-0.3, -0.25) is 18.6 Å². The zero-order valence-electron chi connectivity index (χ0n) is 36.8. The van der Waals surface area contributed by atoms with Gasteiger partial charge < -0.3 is 24.6 Å². The molecule has 0 amide bonds. The van der Waals surface area contributed by atoms with Crippen LogP contribution in [0.25, 0.3) is 0 Å². The zero-order valence-corrected chi connectivity index (χ0v) is 37.7. The van der Waals surface area contributed by atoms with Gasteiger partial charge >= 0.3 is 19.8 Å². The highest BCUT2D eigenvalue weighted by Gasteiger charge is 2.27. The summed E-state index contributed by atoms with van der Waals surface area (Å²) in [5, 5.41) is 19.2. The molecule has 0 aliphatic carbocycles. The molecular formula is C46H89O10P. The van der Waals surface area contributed by atoms with Gasteiger partial charge in [-0.05, 0) is 38.5 Å². The molecule has 0 fully saturated rings. The molecular weight excluding hydrogens is 743 g/mol. The van der Waals surface area contributed by atoms with Gasteiger partial charge in [0, 0.05) is 12.8 Å². The van der Waals surface area contributed by atoms with Crippen molar-refractivity contribution >= 4 is 19.8 Å². The zero-order chi connectivity index (χ0) is 41.9. The Morgan fingerprint density at radius 3 is 1.00 bits per heavy atom. The van der Waals surface area contributed by atoms with E-state index in [1.807, 2.05) is 0 Å². The van der Waals surface area contributed by atoms with Gasteiger partial charge in [0.05, 0.1) is 26.4 Å². The van der Waals surface area contributed by atoms with Crippen LogP contribution in [-0.4, -0.2) is 65.7 Å². The first-order valence-electron chi connectivity index (χ1n) is 23.6. The molecule has 3 atom stereocenters. The fourth-order valence-electron chi connectivity index (χ4n) is 6.82. The summed E-state index contributed by atoms with van der Waals surface area (Å²) in [6, 6.07) is 0. The number of phosphoric ester groups is 1. The van der Waals surface area contributed by atoms with Crippen LogP contribution in [0.1, 0.15) is 232 Å². The van der Waals surface area contributed by atoms with Crippen molar-refractivity contribution < 1.29 is 47.8 Å². The summed E-state index contributed by atoms with van der Waals surface area (Å²) in [5.74, 6) is -1.01. The number of ether oxygens (including phenoxy) is 2. The molecule has 10 nitrogen and oxygen atoms in total. The van der Waals surface area contributed by atoms with Crippen molar-refractivity contribution in [1.29, 1.82) is 0 Å². The number of rotatable bonds is 45. The molecule has 11 heteroatoms. The predicted molar refractivity (Wildman–Crippen MR) is 233 cm³/mol. The average Bonchev–Trinajstić information content (AvgIpc) is 3.20. The SMILES string of the molecule is CCCCCCCCCC/C=C\CCCCCCCCCCCCCC(=O)OC(CO)COP(=O)(O)OCC(CO)OC(=O)CCCCCCCCCCCCC. The second kappa shape index (κ2) is 42.8. The predicted octanol–water partition coefficient (Wildman–Crippen LogP) is 12.8. The lowest BCUT2D eigenvalue weighted by Crippen LogP contribution is -2.28. The third kappa shape index (κ3) is 41.2. The van der Waals surface area contributed by atoms with E-state index in [1.54, 1.807) is 0 Å². The van der Waals surface area contributed by atoms with Crippen molar-refractivity contribution in [2.45, 2.75) is 244 Å². The van der Waals surface area contributed by atoms with E-state index >= 15 is 0 Å². The summed E-state index contributed by atoms with van der Waals surface area (Å²) in [4.78, 5) is 34.5. The standard InChI is InChI=1S/C46H89O10P/c1-3-5-7-9-11-13-15-16-17-18-19-20-21-22-23-24-25-26-28-30-32-34-36-38-46(50)56-44(40-48)42-54-57(51,52)53-41-43(39-47)55-45(49)37-35-33-31-29-27-14-12-10-8-6-4-2/h18-19,43-44,47-48H,3-17,20-42H2,1-2H3,(H,51,52)/b19-18-. The van der Waals surface area contributed by atoms with Crippen LogP contribution in [0.3, 0.4) is 0 Å². The number of hydrogen-bond donors (Lipinski definition) is 3. The second-order valence-corrected chi connectivity index (χ2v) is 17.6. The van der Waals surface area contributed by atoms with Crippen LogP contribution in [0.5, 0.6) is 0 Å². The molecule has 0 rings (SSSR count). The van der Waals surface area contributed by atoms with Crippen molar-refractivity contribution in [3.8, 4) is 0 Å². The third-order valence-electron chi connectivity index (χ3n) is 10.5. The van der Waals surface area contributed by atoms with Gasteiger partial charge in [0.25, 0.3) is 0 Å². The van der Waals surface area contributed by atoms with Gasteiger partial charge in [-0.1, -0.05) is 193 Å². The summed E-state index contributed by atoms with van der Waals surface area (Å²) in [6.45, 7) is 2.23. The number of esters is 2. The van der Waals surface area contributed by atoms with Gasteiger partial charge in [0.1, 0.15) is 12.2 Å². The fraction of sp³-hybridized carbons (Fsp3) is 0.913. The molecule has 0 bridgehead atoms. The summed E-state index contributed by atoms with van der Waals surface area (Å²) < 4.78 is 32.6. The van der Waals surface area contributed by atoms with Crippen molar-refractivity contribution in [2.24, 2.45) is 0 Å². The number of carbonyl (C=O) groups excluding carboxylic acids is 2. The molecule has 0 spiro atoms. The molecule has 0 aliphatic rings. The molecule has 0 saturated carbocycles. The van der Waals surface area contributed by atoms with Crippen molar-refractivity contribution in [3.05, 3.63) is 12.2 Å². The highest BCUT2D eigenvalue weighted by atomic mass is 31.2. The van der Waals surface area contributed by atoms with Crippen LogP contribution in [-0.2, 0) is 32.7 Å². The van der Waals surface area contributed by atoms with Crippen LogP contribution < -0.4 is 0 Å². The Morgan fingerprint density at radius 2 is 0.719 bits per heavy atom. The maximum atomic E-state index is 12.4. The van der Waals surface area contributed by atoms with Gasteiger partial charge in [-0.15, -0.1) is 0 Å². The van der Waals surface area contributed by atoms with Crippen LogP contribution in [0.15, 0.2) is 12.2 Å². The first kappa shape index (κ1) is 55.7. The Bertz CT molecular complexity index is 961. The monoisotopic (exact) mass is 833 g/mol. The Labute approximate surface area is 349 Å². The highest BCUT2D eigenvalue weighted by Crippen LogP contribution is 2.43. The summed E-state index contributed by atoms with van der Waals surface area (Å²) in [7, 11) is -4.63. The van der Waals surface area contributed by atoms with E-state index in [9.17, 15) is 29.3 Å². The minimum Gasteiger partial charge on any atom is -0.457 e. The second-order valence-electron chi connectivity index (χ2n) is 16.1. The smallest absolute Gasteiger partial charge is 0.457 e. The maximum absolute atomic E-state index is 12.4. The Kier molecular flexibility index (Phi) is 41.9.